The lowest BCUT2D eigenvalue weighted by molar-refractivity contribution is -0.385. The average molecular weight is 360 g/mol. The van der Waals surface area contributed by atoms with Crippen LogP contribution in [0.3, 0.4) is 0 Å². The van der Waals surface area contributed by atoms with Gasteiger partial charge < -0.3 is 20.5 Å². The molecule has 2 rings (SSSR count). The van der Waals surface area contributed by atoms with Crippen LogP contribution in [-0.2, 0) is 4.79 Å². The van der Waals surface area contributed by atoms with Crippen molar-refractivity contribution in [1.82, 2.24) is 5.32 Å². The van der Waals surface area contributed by atoms with E-state index in [4.69, 9.17) is 15.2 Å². The van der Waals surface area contributed by atoms with E-state index in [0.29, 0.717) is 12.3 Å². The van der Waals surface area contributed by atoms with Gasteiger partial charge in [0.1, 0.15) is 5.75 Å². The number of nitro groups is 1. The van der Waals surface area contributed by atoms with Crippen LogP contribution in [-0.4, -0.2) is 36.6 Å². The van der Waals surface area contributed by atoms with Crippen LogP contribution in [0.1, 0.15) is 25.7 Å². The lowest BCUT2D eigenvalue weighted by Gasteiger charge is -2.28. The molecule has 3 N–H and O–H groups in total. The van der Waals surface area contributed by atoms with Crippen LogP contribution in [0.5, 0.6) is 11.5 Å². The van der Waals surface area contributed by atoms with Crippen molar-refractivity contribution in [2.45, 2.75) is 31.2 Å². The molecule has 1 aliphatic carbocycles. The van der Waals surface area contributed by atoms with Crippen molar-refractivity contribution in [3.05, 3.63) is 28.3 Å². The first-order valence-electron chi connectivity index (χ1n) is 7.46. The van der Waals surface area contributed by atoms with Crippen LogP contribution in [0.2, 0.25) is 0 Å². The Kier molecular flexibility index (Phi) is 7.24. The minimum absolute atomic E-state index is 0. The average Bonchev–Trinajstić information content (AvgIpc) is 3.01. The highest BCUT2D eigenvalue weighted by Crippen LogP contribution is 2.31. The van der Waals surface area contributed by atoms with Crippen molar-refractivity contribution in [3.63, 3.8) is 0 Å². The van der Waals surface area contributed by atoms with Crippen molar-refractivity contribution in [2.75, 3.05) is 20.3 Å². The van der Waals surface area contributed by atoms with E-state index >= 15 is 0 Å². The molecule has 0 atom stereocenters. The Morgan fingerprint density at radius 1 is 1.42 bits per heavy atom. The Labute approximate surface area is 146 Å². The molecular formula is C15H22ClN3O5. The lowest BCUT2D eigenvalue weighted by Crippen LogP contribution is -2.52. The molecule has 1 saturated carbocycles. The van der Waals surface area contributed by atoms with E-state index in [1.54, 1.807) is 0 Å². The van der Waals surface area contributed by atoms with Gasteiger partial charge in [0.2, 0.25) is 5.75 Å². The molecule has 0 aliphatic heterocycles. The number of carbonyl (C=O) groups is 1. The molecular weight excluding hydrogens is 338 g/mol. The van der Waals surface area contributed by atoms with E-state index in [1.165, 1.54) is 25.3 Å². The first-order valence-corrected chi connectivity index (χ1v) is 7.46. The zero-order valence-electron chi connectivity index (χ0n) is 13.4. The fourth-order valence-electron chi connectivity index (χ4n) is 2.81. The number of nitrogens with zero attached hydrogens (tertiary/aromatic N) is 1. The zero-order valence-corrected chi connectivity index (χ0v) is 14.3. The molecule has 1 aliphatic rings. The smallest absolute Gasteiger partial charge is 0.311 e. The van der Waals surface area contributed by atoms with Crippen LogP contribution in [0.15, 0.2) is 18.2 Å². The quantitative estimate of drug-likeness (QED) is 0.566. The molecule has 0 bridgehead atoms. The van der Waals surface area contributed by atoms with E-state index in [0.717, 1.165) is 25.7 Å². The molecule has 1 amide bonds. The van der Waals surface area contributed by atoms with Gasteiger partial charge in [-0.3, -0.25) is 14.9 Å². The van der Waals surface area contributed by atoms with E-state index < -0.39 is 4.92 Å². The van der Waals surface area contributed by atoms with Crippen molar-refractivity contribution in [1.29, 1.82) is 0 Å². The number of benzene rings is 1. The Hall–Kier alpha value is -2.06. The van der Waals surface area contributed by atoms with Crippen molar-refractivity contribution < 1.29 is 19.2 Å². The second-order valence-corrected chi connectivity index (χ2v) is 5.62. The molecule has 0 spiro atoms. The number of nitrogens with one attached hydrogen (secondary N) is 1. The third-order valence-electron chi connectivity index (χ3n) is 4.07. The SMILES string of the molecule is COc1cc(OCC(=O)NC2(CN)CCCC2)ccc1[N+](=O)[O-].Cl. The summed E-state index contributed by atoms with van der Waals surface area (Å²) in [6.07, 6.45) is 3.86. The predicted molar refractivity (Wildman–Crippen MR) is 90.8 cm³/mol. The highest BCUT2D eigenvalue weighted by Gasteiger charge is 2.33. The largest absolute Gasteiger partial charge is 0.490 e. The van der Waals surface area contributed by atoms with Crippen LogP contribution in [0.4, 0.5) is 5.69 Å². The molecule has 134 valence electrons. The Morgan fingerprint density at radius 2 is 2.08 bits per heavy atom. The van der Waals surface area contributed by atoms with Gasteiger partial charge in [-0.1, -0.05) is 12.8 Å². The molecule has 8 nitrogen and oxygen atoms in total. The Bertz CT molecular complexity index is 590. The van der Waals surface area contributed by atoms with E-state index in [2.05, 4.69) is 5.32 Å². The summed E-state index contributed by atoms with van der Waals surface area (Å²) in [7, 11) is 1.34. The Morgan fingerprint density at radius 3 is 2.62 bits per heavy atom. The number of methoxy groups -OCH3 is 1. The number of rotatable bonds is 7. The van der Waals surface area contributed by atoms with Crippen LogP contribution >= 0.6 is 12.4 Å². The van der Waals surface area contributed by atoms with Gasteiger partial charge in [-0.2, -0.15) is 0 Å². The van der Waals surface area contributed by atoms with Gasteiger partial charge >= 0.3 is 5.69 Å². The summed E-state index contributed by atoms with van der Waals surface area (Å²) in [6, 6.07) is 4.10. The van der Waals surface area contributed by atoms with Gasteiger partial charge in [-0.25, -0.2) is 0 Å². The van der Waals surface area contributed by atoms with E-state index in [9.17, 15) is 14.9 Å². The molecule has 0 aromatic heterocycles. The number of amides is 1. The number of nitro benzene ring substituents is 1. The molecule has 0 radical (unpaired) electrons. The van der Waals surface area contributed by atoms with E-state index in [1.807, 2.05) is 0 Å². The summed E-state index contributed by atoms with van der Waals surface area (Å²) in [5.74, 6) is 0.160. The minimum Gasteiger partial charge on any atom is -0.490 e. The second-order valence-electron chi connectivity index (χ2n) is 5.62. The highest BCUT2D eigenvalue weighted by atomic mass is 35.5. The van der Waals surface area contributed by atoms with Crippen LogP contribution in [0.25, 0.3) is 0 Å². The van der Waals surface area contributed by atoms with Crippen LogP contribution < -0.4 is 20.5 Å². The molecule has 0 heterocycles. The predicted octanol–water partition coefficient (Wildman–Crippen LogP) is 1.79. The standard InChI is InChI=1S/C15H21N3O5.ClH/c1-22-13-8-11(4-5-12(13)18(20)21)23-9-14(19)17-15(10-16)6-2-3-7-15;/h4-5,8H,2-3,6-7,9-10,16H2,1H3,(H,17,19);1H. The summed E-state index contributed by atoms with van der Waals surface area (Å²) in [5.41, 5.74) is 5.29. The van der Waals surface area contributed by atoms with Crippen molar-refractivity contribution in [3.8, 4) is 11.5 Å². The lowest BCUT2D eigenvalue weighted by atomic mass is 9.98. The van der Waals surface area contributed by atoms with Gasteiger partial charge in [0.25, 0.3) is 5.91 Å². The highest BCUT2D eigenvalue weighted by molar-refractivity contribution is 5.85. The molecule has 24 heavy (non-hydrogen) atoms. The third-order valence-corrected chi connectivity index (χ3v) is 4.07. The third kappa shape index (κ3) is 4.72. The molecule has 1 aromatic carbocycles. The maximum atomic E-state index is 12.0. The molecule has 1 fully saturated rings. The van der Waals surface area contributed by atoms with Crippen LogP contribution in [0, 0.1) is 10.1 Å². The Balaban J connectivity index is 0.00000288. The summed E-state index contributed by atoms with van der Waals surface area (Å²) in [6.45, 7) is 0.229. The fraction of sp³-hybridized carbons (Fsp3) is 0.533. The summed E-state index contributed by atoms with van der Waals surface area (Å²) < 4.78 is 10.3. The number of ether oxygens (including phenoxy) is 2. The fourth-order valence-corrected chi connectivity index (χ4v) is 2.81. The number of carbonyl (C=O) groups excluding carboxylic acids is 1. The molecule has 9 heteroatoms. The second kappa shape index (κ2) is 8.70. The monoisotopic (exact) mass is 359 g/mol. The maximum Gasteiger partial charge on any atom is 0.311 e. The number of nitrogens with two attached hydrogens (primary N) is 1. The number of hydrogen-bond donors (Lipinski definition) is 2. The van der Waals surface area contributed by atoms with Gasteiger partial charge in [0.15, 0.2) is 6.61 Å². The molecule has 1 aromatic rings. The number of halogens is 1. The van der Waals surface area contributed by atoms with Gasteiger partial charge in [-0.15, -0.1) is 12.4 Å². The topological polar surface area (TPSA) is 117 Å². The van der Waals surface area contributed by atoms with Gasteiger partial charge in [-0.05, 0) is 18.9 Å². The van der Waals surface area contributed by atoms with E-state index in [-0.39, 0.29) is 41.9 Å². The summed E-state index contributed by atoms with van der Waals surface area (Å²) >= 11 is 0. The number of hydrogen-bond acceptors (Lipinski definition) is 6. The summed E-state index contributed by atoms with van der Waals surface area (Å²) in [5, 5.41) is 13.8. The summed E-state index contributed by atoms with van der Waals surface area (Å²) in [4.78, 5) is 22.3. The first-order chi connectivity index (χ1) is 11.0. The molecule has 0 saturated heterocycles. The molecule has 0 unspecified atom stereocenters. The zero-order chi connectivity index (χ0) is 16.9. The van der Waals surface area contributed by atoms with Gasteiger partial charge in [0, 0.05) is 18.7 Å². The van der Waals surface area contributed by atoms with Crippen molar-refractivity contribution in [2.24, 2.45) is 5.73 Å². The minimum atomic E-state index is -0.541. The maximum absolute atomic E-state index is 12.0. The van der Waals surface area contributed by atoms with Crippen molar-refractivity contribution >= 4 is 24.0 Å². The normalized spacial score (nSPS) is 15.2. The van der Waals surface area contributed by atoms with Gasteiger partial charge in [0.05, 0.1) is 17.6 Å². The first kappa shape index (κ1) is 20.0.